The van der Waals surface area contributed by atoms with Crippen molar-refractivity contribution in [3.05, 3.63) is 23.8 Å². The molecule has 1 aliphatic rings. The van der Waals surface area contributed by atoms with E-state index < -0.39 is 12.0 Å². The molecule has 0 radical (unpaired) electrons. The van der Waals surface area contributed by atoms with Crippen LogP contribution in [0.1, 0.15) is 5.56 Å². The number of fused-ring (bicyclic) bond motifs is 1. The molecule has 1 aromatic carbocycles. The standard InChI is InChI=1S/C11H13NO4/c1-14-11(13)8(12)4-7-2-3-9-10(5-7)16-6-15-9/h2-3,5,8H,4,6,12H2,1H3/t8-/m1/s1. The molecular formula is C11H13NO4. The minimum absolute atomic E-state index is 0.238. The Balaban J connectivity index is 2.08. The first-order valence-electron chi connectivity index (χ1n) is 4.92. The Morgan fingerprint density at radius 3 is 3.00 bits per heavy atom. The second-order valence-corrected chi connectivity index (χ2v) is 3.52. The number of benzene rings is 1. The summed E-state index contributed by atoms with van der Waals surface area (Å²) in [6.45, 7) is 0.238. The van der Waals surface area contributed by atoms with Crippen molar-refractivity contribution >= 4 is 5.97 Å². The van der Waals surface area contributed by atoms with Crippen LogP contribution in [0, 0.1) is 0 Å². The molecular weight excluding hydrogens is 210 g/mol. The van der Waals surface area contributed by atoms with Crippen molar-refractivity contribution < 1.29 is 19.0 Å². The van der Waals surface area contributed by atoms with Crippen molar-refractivity contribution in [2.75, 3.05) is 13.9 Å². The summed E-state index contributed by atoms with van der Waals surface area (Å²) < 4.78 is 15.0. The van der Waals surface area contributed by atoms with Gasteiger partial charge in [-0.1, -0.05) is 6.07 Å². The molecule has 5 nitrogen and oxygen atoms in total. The highest BCUT2D eigenvalue weighted by atomic mass is 16.7. The maximum atomic E-state index is 11.1. The maximum absolute atomic E-state index is 11.1. The third-order valence-corrected chi connectivity index (χ3v) is 2.40. The molecule has 1 aromatic rings. The van der Waals surface area contributed by atoms with E-state index in [1.54, 1.807) is 0 Å². The second kappa shape index (κ2) is 4.40. The van der Waals surface area contributed by atoms with Gasteiger partial charge in [-0.3, -0.25) is 4.79 Å². The predicted octanol–water partition coefficient (Wildman–Crippen LogP) is 0.458. The summed E-state index contributed by atoms with van der Waals surface area (Å²) in [7, 11) is 1.32. The predicted molar refractivity (Wildman–Crippen MR) is 56.3 cm³/mol. The van der Waals surface area contributed by atoms with Gasteiger partial charge in [-0.25, -0.2) is 0 Å². The molecule has 5 heteroatoms. The number of ether oxygens (including phenoxy) is 3. The third kappa shape index (κ3) is 2.09. The van der Waals surface area contributed by atoms with Gasteiger partial charge in [0.25, 0.3) is 0 Å². The van der Waals surface area contributed by atoms with Crippen LogP contribution in [0.3, 0.4) is 0 Å². The molecule has 16 heavy (non-hydrogen) atoms. The van der Waals surface area contributed by atoms with Crippen LogP contribution in [-0.2, 0) is 16.0 Å². The van der Waals surface area contributed by atoms with E-state index in [1.165, 1.54) is 7.11 Å². The van der Waals surface area contributed by atoms with Crippen LogP contribution in [0.15, 0.2) is 18.2 Å². The number of methoxy groups -OCH3 is 1. The lowest BCUT2D eigenvalue weighted by atomic mass is 10.1. The van der Waals surface area contributed by atoms with E-state index in [0.717, 1.165) is 11.3 Å². The Labute approximate surface area is 93.1 Å². The van der Waals surface area contributed by atoms with E-state index in [2.05, 4.69) is 4.74 Å². The Kier molecular flexibility index (Phi) is 2.96. The van der Waals surface area contributed by atoms with Crippen LogP contribution in [0.4, 0.5) is 0 Å². The Bertz CT molecular complexity index is 405. The normalized spacial score (nSPS) is 14.6. The molecule has 2 rings (SSSR count). The minimum atomic E-state index is -0.648. The zero-order valence-corrected chi connectivity index (χ0v) is 8.93. The van der Waals surface area contributed by atoms with Crippen LogP contribution in [0.25, 0.3) is 0 Å². The highest BCUT2D eigenvalue weighted by molar-refractivity contribution is 5.75. The zero-order chi connectivity index (χ0) is 11.5. The summed E-state index contributed by atoms with van der Waals surface area (Å²) in [6, 6.07) is 4.84. The number of esters is 1. The fourth-order valence-electron chi connectivity index (χ4n) is 1.56. The van der Waals surface area contributed by atoms with Gasteiger partial charge in [-0.2, -0.15) is 0 Å². The maximum Gasteiger partial charge on any atom is 0.322 e. The van der Waals surface area contributed by atoms with Crippen LogP contribution < -0.4 is 15.2 Å². The molecule has 0 saturated carbocycles. The monoisotopic (exact) mass is 223 g/mol. The summed E-state index contributed by atoms with van der Waals surface area (Å²) in [6.07, 6.45) is 0.420. The molecule has 0 aliphatic carbocycles. The number of hydrogen-bond acceptors (Lipinski definition) is 5. The SMILES string of the molecule is COC(=O)[C@H](N)Cc1ccc2c(c1)OCO2. The average Bonchev–Trinajstić information content (AvgIpc) is 2.75. The van der Waals surface area contributed by atoms with Gasteiger partial charge in [0.05, 0.1) is 7.11 Å². The van der Waals surface area contributed by atoms with E-state index in [1.807, 2.05) is 18.2 Å². The molecule has 0 spiro atoms. The molecule has 0 bridgehead atoms. The van der Waals surface area contributed by atoms with E-state index in [-0.39, 0.29) is 6.79 Å². The van der Waals surface area contributed by atoms with E-state index in [9.17, 15) is 4.79 Å². The summed E-state index contributed by atoms with van der Waals surface area (Å²) in [5.74, 6) is 0.989. The molecule has 1 aliphatic heterocycles. The largest absolute Gasteiger partial charge is 0.468 e. The number of carbonyl (C=O) groups excluding carboxylic acids is 1. The summed E-state index contributed by atoms with van der Waals surface area (Å²) in [5, 5.41) is 0. The van der Waals surface area contributed by atoms with Gasteiger partial charge >= 0.3 is 5.97 Å². The van der Waals surface area contributed by atoms with Crippen molar-refractivity contribution in [1.82, 2.24) is 0 Å². The van der Waals surface area contributed by atoms with E-state index in [0.29, 0.717) is 12.2 Å². The molecule has 2 N–H and O–H groups in total. The Morgan fingerprint density at radius 2 is 2.25 bits per heavy atom. The minimum Gasteiger partial charge on any atom is -0.468 e. The van der Waals surface area contributed by atoms with Gasteiger partial charge in [0.15, 0.2) is 11.5 Å². The summed E-state index contributed by atoms with van der Waals surface area (Å²) >= 11 is 0. The van der Waals surface area contributed by atoms with E-state index in [4.69, 9.17) is 15.2 Å². The summed E-state index contributed by atoms with van der Waals surface area (Å²) in [4.78, 5) is 11.1. The van der Waals surface area contributed by atoms with Crippen molar-refractivity contribution in [1.29, 1.82) is 0 Å². The molecule has 0 unspecified atom stereocenters. The van der Waals surface area contributed by atoms with Crippen LogP contribution in [0.2, 0.25) is 0 Å². The Morgan fingerprint density at radius 1 is 1.50 bits per heavy atom. The van der Waals surface area contributed by atoms with Gasteiger partial charge in [-0.05, 0) is 24.1 Å². The lowest BCUT2D eigenvalue weighted by Gasteiger charge is -2.09. The van der Waals surface area contributed by atoms with Gasteiger partial charge in [0, 0.05) is 0 Å². The van der Waals surface area contributed by atoms with Gasteiger partial charge in [-0.15, -0.1) is 0 Å². The molecule has 0 aromatic heterocycles. The molecule has 1 atom stereocenters. The summed E-state index contributed by atoms with van der Waals surface area (Å²) in [5.41, 5.74) is 6.58. The van der Waals surface area contributed by atoms with Gasteiger partial charge in [0.1, 0.15) is 6.04 Å². The smallest absolute Gasteiger partial charge is 0.322 e. The second-order valence-electron chi connectivity index (χ2n) is 3.52. The van der Waals surface area contributed by atoms with Gasteiger partial charge in [0.2, 0.25) is 6.79 Å². The fraction of sp³-hybridized carbons (Fsp3) is 0.364. The van der Waals surface area contributed by atoms with Crippen molar-refractivity contribution in [3.63, 3.8) is 0 Å². The highest BCUT2D eigenvalue weighted by Crippen LogP contribution is 2.32. The number of rotatable bonds is 3. The van der Waals surface area contributed by atoms with Crippen molar-refractivity contribution in [2.24, 2.45) is 5.73 Å². The highest BCUT2D eigenvalue weighted by Gasteiger charge is 2.17. The lowest BCUT2D eigenvalue weighted by Crippen LogP contribution is -2.33. The first-order chi connectivity index (χ1) is 7.70. The molecule has 0 saturated heterocycles. The molecule has 0 amide bonds. The molecule has 86 valence electrons. The first kappa shape index (κ1) is 10.8. The fourth-order valence-corrected chi connectivity index (χ4v) is 1.56. The van der Waals surface area contributed by atoms with Gasteiger partial charge < -0.3 is 19.9 Å². The van der Waals surface area contributed by atoms with Crippen LogP contribution in [-0.4, -0.2) is 25.9 Å². The number of nitrogens with two attached hydrogens (primary N) is 1. The van der Waals surface area contributed by atoms with Crippen LogP contribution in [0.5, 0.6) is 11.5 Å². The van der Waals surface area contributed by atoms with Crippen molar-refractivity contribution in [3.8, 4) is 11.5 Å². The lowest BCUT2D eigenvalue weighted by molar-refractivity contribution is -0.142. The van der Waals surface area contributed by atoms with Crippen LogP contribution >= 0.6 is 0 Å². The van der Waals surface area contributed by atoms with Crippen molar-refractivity contribution in [2.45, 2.75) is 12.5 Å². The molecule has 0 fully saturated rings. The number of hydrogen-bond donors (Lipinski definition) is 1. The first-order valence-corrected chi connectivity index (χ1v) is 4.92. The molecule has 1 heterocycles. The third-order valence-electron chi connectivity index (χ3n) is 2.40. The number of carbonyl (C=O) groups is 1. The average molecular weight is 223 g/mol. The van der Waals surface area contributed by atoms with E-state index >= 15 is 0 Å². The Hall–Kier alpha value is -1.75. The topological polar surface area (TPSA) is 70.8 Å². The quantitative estimate of drug-likeness (QED) is 0.754. The zero-order valence-electron chi connectivity index (χ0n) is 8.93.